The molecule has 0 atom stereocenters. The number of aromatic nitrogens is 2. The maximum absolute atomic E-state index is 5.54. The molecule has 0 unspecified atom stereocenters. The summed E-state index contributed by atoms with van der Waals surface area (Å²) in [5.41, 5.74) is 5.54. The largest absolute Gasteiger partial charge is 0.374 e. The first-order chi connectivity index (χ1) is 8.31. The molecule has 0 saturated heterocycles. The van der Waals surface area contributed by atoms with Crippen LogP contribution in [0.5, 0.6) is 0 Å². The van der Waals surface area contributed by atoms with E-state index < -0.39 is 0 Å². The molecule has 1 aromatic carbocycles. The first-order valence-electron chi connectivity index (χ1n) is 5.00. The molecule has 0 bridgehead atoms. The second kappa shape index (κ2) is 4.64. The molecule has 6 heteroatoms. The Morgan fingerprint density at radius 3 is 2.82 bits per heavy atom. The average Bonchev–Trinajstić information content (AvgIpc) is 2.91. The van der Waals surface area contributed by atoms with Gasteiger partial charge in [0.15, 0.2) is 4.34 Å². The lowest BCUT2D eigenvalue weighted by atomic mass is 10.2. The lowest BCUT2D eigenvalue weighted by Gasteiger charge is -1.91. The van der Waals surface area contributed by atoms with E-state index in [0.717, 1.165) is 10.1 Å². The number of anilines is 1. The molecule has 3 nitrogen and oxygen atoms in total. The van der Waals surface area contributed by atoms with Crippen LogP contribution in [0, 0.1) is 0 Å². The van der Waals surface area contributed by atoms with Crippen LogP contribution in [-0.2, 0) is 5.75 Å². The molecule has 0 aliphatic rings. The Morgan fingerprint density at radius 1 is 1.18 bits per heavy atom. The third-order valence-electron chi connectivity index (χ3n) is 2.24. The summed E-state index contributed by atoms with van der Waals surface area (Å²) >= 11 is 4.95. The molecule has 86 valence electrons. The minimum absolute atomic E-state index is 0.531. The number of thioether (sulfide) groups is 1. The van der Waals surface area contributed by atoms with E-state index in [1.54, 1.807) is 11.8 Å². The molecule has 2 heterocycles. The van der Waals surface area contributed by atoms with Crippen LogP contribution in [0.3, 0.4) is 0 Å². The zero-order valence-electron chi connectivity index (χ0n) is 8.79. The van der Waals surface area contributed by atoms with Crippen LogP contribution in [0.4, 0.5) is 5.13 Å². The van der Waals surface area contributed by atoms with Crippen LogP contribution in [0.25, 0.3) is 10.1 Å². The standard InChI is InChI=1S/C11H9N3S3/c12-10-13-14-11(17-10)15-6-8-5-7-3-1-2-4-9(7)16-8/h1-5H,6H2,(H2,12,13). The average molecular weight is 279 g/mol. The summed E-state index contributed by atoms with van der Waals surface area (Å²) in [5.74, 6) is 0.925. The van der Waals surface area contributed by atoms with Crippen molar-refractivity contribution < 1.29 is 0 Å². The molecule has 0 fully saturated rings. The predicted molar refractivity (Wildman–Crippen MR) is 75.7 cm³/mol. The Kier molecular flexibility index (Phi) is 3.00. The quantitative estimate of drug-likeness (QED) is 0.744. The summed E-state index contributed by atoms with van der Waals surface area (Å²) in [6.07, 6.45) is 0. The maximum atomic E-state index is 5.54. The van der Waals surface area contributed by atoms with E-state index in [9.17, 15) is 0 Å². The molecule has 0 spiro atoms. The van der Waals surface area contributed by atoms with Crippen molar-refractivity contribution in [2.24, 2.45) is 0 Å². The number of thiophene rings is 1. The van der Waals surface area contributed by atoms with Gasteiger partial charge >= 0.3 is 0 Å². The Labute approximate surface area is 111 Å². The highest BCUT2D eigenvalue weighted by Gasteiger charge is 2.05. The topological polar surface area (TPSA) is 51.8 Å². The number of hydrogen-bond acceptors (Lipinski definition) is 6. The second-order valence-electron chi connectivity index (χ2n) is 3.45. The Balaban J connectivity index is 1.76. The molecule has 0 radical (unpaired) electrons. The molecule has 3 rings (SSSR count). The molecule has 0 amide bonds. The normalized spacial score (nSPS) is 11.1. The molecule has 0 saturated carbocycles. The second-order valence-corrected chi connectivity index (χ2v) is 6.85. The molecule has 2 aromatic heterocycles. The van der Waals surface area contributed by atoms with E-state index >= 15 is 0 Å². The third kappa shape index (κ3) is 2.43. The van der Waals surface area contributed by atoms with Gasteiger partial charge in [0.25, 0.3) is 0 Å². The van der Waals surface area contributed by atoms with E-state index in [4.69, 9.17) is 5.73 Å². The number of benzene rings is 1. The van der Waals surface area contributed by atoms with Gasteiger partial charge in [0.05, 0.1) is 0 Å². The highest BCUT2D eigenvalue weighted by molar-refractivity contribution is 8.00. The van der Waals surface area contributed by atoms with Gasteiger partial charge in [-0.25, -0.2) is 0 Å². The highest BCUT2D eigenvalue weighted by atomic mass is 32.2. The first kappa shape index (κ1) is 11.0. The SMILES string of the molecule is Nc1nnc(SCc2cc3ccccc3s2)s1. The summed E-state index contributed by atoms with van der Waals surface area (Å²) in [4.78, 5) is 1.35. The van der Waals surface area contributed by atoms with Gasteiger partial charge in [-0.05, 0) is 17.5 Å². The monoisotopic (exact) mass is 279 g/mol. The van der Waals surface area contributed by atoms with E-state index in [1.807, 2.05) is 11.3 Å². The van der Waals surface area contributed by atoms with Gasteiger partial charge < -0.3 is 5.73 Å². The molecule has 2 N–H and O–H groups in total. The fourth-order valence-corrected chi connectivity index (χ4v) is 4.25. The number of nitrogens with two attached hydrogens (primary N) is 1. The summed E-state index contributed by atoms with van der Waals surface area (Å²) in [6, 6.07) is 10.7. The number of rotatable bonds is 3. The molecule has 17 heavy (non-hydrogen) atoms. The van der Waals surface area contributed by atoms with Crippen molar-refractivity contribution in [3.8, 4) is 0 Å². The van der Waals surface area contributed by atoms with Crippen LogP contribution in [-0.4, -0.2) is 10.2 Å². The Hall–Kier alpha value is -1.11. The number of nitrogens with zero attached hydrogens (tertiary/aromatic N) is 2. The Morgan fingerprint density at radius 2 is 2.06 bits per heavy atom. The lowest BCUT2D eigenvalue weighted by molar-refractivity contribution is 1.02. The lowest BCUT2D eigenvalue weighted by Crippen LogP contribution is -1.79. The number of hydrogen-bond donors (Lipinski definition) is 1. The third-order valence-corrected chi connectivity index (χ3v) is 5.47. The van der Waals surface area contributed by atoms with Gasteiger partial charge in [0.2, 0.25) is 5.13 Å². The summed E-state index contributed by atoms with van der Waals surface area (Å²) < 4.78 is 2.26. The van der Waals surface area contributed by atoms with Gasteiger partial charge in [-0.1, -0.05) is 41.3 Å². The van der Waals surface area contributed by atoms with Gasteiger partial charge in [0, 0.05) is 15.3 Å². The molecule has 0 aliphatic carbocycles. The van der Waals surface area contributed by atoms with Gasteiger partial charge in [0.1, 0.15) is 0 Å². The van der Waals surface area contributed by atoms with Crippen molar-refractivity contribution in [3.63, 3.8) is 0 Å². The van der Waals surface area contributed by atoms with Crippen LogP contribution < -0.4 is 5.73 Å². The van der Waals surface area contributed by atoms with E-state index in [2.05, 4.69) is 40.5 Å². The zero-order chi connectivity index (χ0) is 11.7. The van der Waals surface area contributed by atoms with Crippen molar-refractivity contribution in [2.75, 3.05) is 5.73 Å². The van der Waals surface area contributed by atoms with E-state index in [1.165, 1.54) is 26.3 Å². The van der Waals surface area contributed by atoms with Crippen molar-refractivity contribution in [1.29, 1.82) is 0 Å². The van der Waals surface area contributed by atoms with E-state index in [-0.39, 0.29) is 0 Å². The predicted octanol–water partition coefficient (Wildman–Crippen LogP) is 3.63. The van der Waals surface area contributed by atoms with Crippen LogP contribution in [0.1, 0.15) is 4.88 Å². The molecule has 0 aliphatic heterocycles. The van der Waals surface area contributed by atoms with Gasteiger partial charge in [-0.15, -0.1) is 21.5 Å². The molecular formula is C11H9N3S3. The first-order valence-corrected chi connectivity index (χ1v) is 7.62. The van der Waals surface area contributed by atoms with Crippen LogP contribution in [0.2, 0.25) is 0 Å². The van der Waals surface area contributed by atoms with Gasteiger partial charge in [-0.2, -0.15) is 0 Å². The van der Waals surface area contributed by atoms with Crippen molar-refractivity contribution in [2.45, 2.75) is 10.1 Å². The minimum atomic E-state index is 0.531. The molecule has 3 aromatic rings. The Bertz CT molecular complexity index is 611. The smallest absolute Gasteiger partial charge is 0.203 e. The van der Waals surface area contributed by atoms with Crippen molar-refractivity contribution in [3.05, 3.63) is 35.2 Å². The highest BCUT2D eigenvalue weighted by Crippen LogP contribution is 2.32. The van der Waals surface area contributed by atoms with Crippen LogP contribution in [0.15, 0.2) is 34.7 Å². The summed E-state index contributed by atoms with van der Waals surface area (Å²) in [6.45, 7) is 0. The van der Waals surface area contributed by atoms with Crippen LogP contribution >= 0.6 is 34.4 Å². The number of nitrogen functional groups attached to an aromatic ring is 1. The summed E-state index contributed by atoms with van der Waals surface area (Å²) in [7, 11) is 0. The molecular weight excluding hydrogens is 270 g/mol. The summed E-state index contributed by atoms with van der Waals surface area (Å²) in [5, 5.41) is 9.64. The van der Waals surface area contributed by atoms with Gasteiger partial charge in [-0.3, -0.25) is 0 Å². The minimum Gasteiger partial charge on any atom is -0.374 e. The van der Waals surface area contributed by atoms with Crippen molar-refractivity contribution >= 4 is 49.7 Å². The maximum Gasteiger partial charge on any atom is 0.203 e. The fourth-order valence-electron chi connectivity index (χ4n) is 1.52. The fraction of sp³-hybridized carbons (Fsp3) is 0.0909. The van der Waals surface area contributed by atoms with Crippen molar-refractivity contribution in [1.82, 2.24) is 10.2 Å². The number of fused-ring (bicyclic) bond motifs is 1. The van der Waals surface area contributed by atoms with E-state index in [0.29, 0.717) is 5.13 Å². The zero-order valence-corrected chi connectivity index (χ0v) is 11.2.